The minimum absolute atomic E-state index is 0.0498. The number of benzene rings is 2. The van der Waals surface area contributed by atoms with Crippen LogP contribution in [0.5, 0.6) is 0 Å². The first-order valence-electron chi connectivity index (χ1n) is 11.5. The minimum Gasteiger partial charge on any atom is -0.377 e. The Morgan fingerprint density at radius 1 is 1.06 bits per heavy atom. The van der Waals surface area contributed by atoms with E-state index in [9.17, 15) is 18.0 Å². The second-order valence-electron chi connectivity index (χ2n) is 9.32. The van der Waals surface area contributed by atoms with Gasteiger partial charge in [0.2, 0.25) is 0 Å². The average Bonchev–Trinajstić information content (AvgIpc) is 2.80. The first-order valence-corrected chi connectivity index (χ1v) is 11.5. The molecule has 4 rings (SSSR count). The first-order chi connectivity index (χ1) is 17.1. The van der Waals surface area contributed by atoms with E-state index in [0.29, 0.717) is 30.4 Å². The Kier molecular flexibility index (Phi) is 7.16. The van der Waals surface area contributed by atoms with Gasteiger partial charge in [-0.3, -0.25) is 9.78 Å². The molecule has 1 amide bonds. The van der Waals surface area contributed by atoms with Crippen molar-refractivity contribution in [2.75, 3.05) is 42.3 Å². The van der Waals surface area contributed by atoms with Crippen LogP contribution < -0.4 is 20.9 Å². The number of aromatic nitrogens is 1. The van der Waals surface area contributed by atoms with E-state index in [1.807, 2.05) is 4.90 Å². The number of hydrogen-bond acceptors (Lipinski definition) is 5. The Hall–Kier alpha value is -3.66. The van der Waals surface area contributed by atoms with E-state index in [2.05, 4.69) is 17.2 Å². The van der Waals surface area contributed by atoms with Gasteiger partial charge in [0, 0.05) is 45.1 Å². The van der Waals surface area contributed by atoms with Crippen LogP contribution in [0.15, 0.2) is 42.7 Å². The number of pyridine rings is 1. The summed E-state index contributed by atoms with van der Waals surface area (Å²) in [6, 6.07) is 5.34. The Bertz CT molecular complexity index is 1270. The fourth-order valence-corrected chi connectivity index (χ4v) is 4.56. The summed E-state index contributed by atoms with van der Waals surface area (Å²) >= 11 is 0. The van der Waals surface area contributed by atoms with Crippen LogP contribution >= 0.6 is 0 Å². The number of carbonyl (C=O) groups is 1. The number of halogens is 4. The fourth-order valence-electron chi connectivity index (χ4n) is 4.56. The lowest BCUT2D eigenvalue weighted by Crippen LogP contribution is -2.46. The van der Waals surface area contributed by atoms with Gasteiger partial charge in [0.05, 0.1) is 34.3 Å². The molecule has 0 aliphatic carbocycles. The van der Waals surface area contributed by atoms with E-state index in [0.717, 1.165) is 30.7 Å². The van der Waals surface area contributed by atoms with Gasteiger partial charge in [0.15, 0.2) is 0 Å². The lowest BCUT2D eigenvalue weighted by atomic mass is 9.96. The molecule has 3 N–H and O–H groups in total. The summed E-state index contributed by atoms with van der Waals surface area (Å²) in [4.78, 5) is 20.6. The van der Waals surface area contributed by atoms with Gasteiger partial charge in [-0.15, -0.1) is 0 Å². The molecule has 0 radical (unpaired) electrons. The molecule has 2 heterocycles. The number of carbonyl (C=O) groups excluding carboxylic acids is 1. The number of rotatable bonds is 5. The van der Waals surface area contributed by atoms with E-state index in [-0.39, 0.29) is 11.7 Å². The van der Waals surface area contributed by atoms with Crippen molar-refractivity contribution in [2.45, 2.75) is 19.4 Å². The molecule has 0 spiro atoms. The topological polar surface area (TPSA) is 74.5 Å². The molecule has 10 heteroatoms. The number of hydrogen-bond donors (Lipinski definition) is 2. The lowest BCUT2D eigenvalue weighted by molar-refractivity contribution is 0.102. The number of piperidine rings is 1. The molecular formula is C26H27F4N5O. The van der Waals surface area contributed by atoms with Gasteiger partial charge in [-0.2, -0.15) is 0 Å². The Balaban J connectivity index is 1.70. The van der Waals surface area contributed by atoms with Crippen LogP contribution in [0.25, 0.3) is 11.1 Å². The van der Waals surface area contributed by atoms with Crippen LogP contribution in [0, 0.1) is 29.2 Å². The Morgan fingerprint density at radius 3 is 2.39 bits per heavy atom. The molecule has 2 atom stereocenters. The van der Waals surface area contributed by atoms with Crippen molar-refractivity contribution < 1.29 is 22.4 Å². The zero-order valence-electron chi connectivity index (χ0n) is 20.2. The van der Waals surface area contributed by atoms with Crippen LogP contribution in [0.4, 0.5) is 34.6 Å². The van der Waals surface area contributed by atoms with Crippen molar-refractivity contribution in [1.82, 2.24) is 4.98 Å². The number of nitrogens with one attached hydrogen (secondary N) is 1. The van der Waals surface area contributed by atoms with Gasteiger partial charge in [-0.25, -0.2) is 17.6 Å². The van der Waals surface area contributed by atoms with Crippen LogP contribution in [-0.2, 0) is 0 Å². The fraction of sp³-hybridized carbons (Fsp3) is 0.308. The predicted molar refractivity (Wildman–Crippen MR) is 132 cm³/mol. The second kappa shape index (κ2) is 10.1. The number of nitrogens with zero attached hydrogens (tertiary/aromatic N) is 3. The summed E-state index contributed by atoms with van der Waals surface area (Å²) in [6.45, 7) is 3.34. The molecule has 190 valence electrons. The highest BCUT2D eigenvalue weighted by molar-refractivity contribution is 6.06. The normalized spacial score (nSPS) is 17.7. The molecule has 0 unspecified atom stereocenters. The average molecular weight is 502 g/mol. The summed E-state index contributed by atoms with van der Waals surface area (Å²) in [6.07, 6.45) is 3.85. The maximum absolute atomic E-state index is 15.5. The molecule has 1 aromatic heterocycles. The number of nitrogens with two attached hydrogens (primary N) is 1. The van der Waals surface area contributed by atoms with Crippen molar-refractivity contribution in [3.05, 3.63) is 71.6 Å². The van der Waals surface area contributed by atoms with Gasteiger partial charge in [-0.1, -0.05) is 6.92 Å². The van der Waals surface area contributed by atoms with Crippen molar-refractivity contribution >= 4 is 23.0 Å². The number of anilines is 3. The van der Waals surface area contributed by atoms with Gasteiger partial charge >= 0.3 is 0 Å². The van der Waals surface area contributed by atoms with Crippen LogP contribution in [-0.4, -0.2) is 44.1 Å². The van der Waals surface area contributed by atoms with Crippen molar-refractivity contribution in [3.63, 3.8) is 0 Å². The van der Waals surface area contributed by atoms with E-state index >= 15 is 4.39 Å². The van der Waals surface area contributed by atoms with Crippen LogP contribution in [0.3, 0.4) is 0 Å². The van der Waals surface area contributed by atoms with Gasteiger partial charge in [0.1, 0.15) is 23.3 Å². The Morgan fingerprint density at radius 2 is 1.75 bits per heavy atom. The number of amides is 1. The molecule has 1 aliphatic rings. The van der Waals surface area contributed by atoms with Gasteiger partial charge in [-0.05, 0) is 42.7 Å². The summed E-state index contributed by atoms with van der Waals surface area (Å²) in [5.74, 6) is -5.47. The standard InChI is InChI=1S/C26H27F4N5O/c1-14-8-15(31)13-35(12-14)22-6-7-32-11-21(22)33-26(36)17-4-5-18(27)24(25(17)30)23-19(28)9-16(34(2)3)10-20(23)29/h4-7,9-11,14-15H,8,12-13,31H2,1-3H3,(H,33,36)/t14-,15+/m1/s1. The van der Waals surface area contributed by atoms with E-state index in [4.69, 9.17) is 5.73 Å². The van der Waals surface area contributed by atoms with Crippen molar-refractivity contribution in [1.29, 1.82) is 0 Å². The van der Waals surface area contributed by atoms with Crippen molar-refractivity contribution in [2.24, 2.45) is 11.7 Å². The third-order valence-corrected chi connectivity index (χ3v) is 6.21. The predicted octanol–water partition coefficient (Wildman–Crippen LogP) is 4.80. The maximum Gasteiger partial charge on any atom is 0.258 e. The summed E-state index contributed by atoms with van der Waals surface area (Å²) in [5.41, 5.74) is 4.89. The Labute approximate surface area is 206 Å². The third-order valence-electron chi connectivity index (χ3n) is 6.21. The molecular weight excluding hydrogens is 474 g/mol. The highest BCUT2D eigenvalue weighted by Gasteiger charge is 2.27. The summed E-state index contributed by atoms with van der Waals surface area (Å²) in [7, 11) is 3.15. The van der Waals surface area contributed by atoms with E-state index < -0.39 is 45.9 Å². The molecule has 2 aromatic carbocycles. The van der Waals surface area contributed by atoms with Gasteiger partial charge < -0.3 is 20.9 Å². The van der Waals surface area contributed by atoms with Crippen LogP contribution in [0.2, 0.25) is 0 Å². The smallest absolute Gasteiger partial charge is 0.258 e. The molecule has 6 nitrogen and oxygen atoms in total. The molecule has 3 aromatic rings. The highest BCUT2D eigenvalue weighted by atomic mass is 19.1. The van der Waals surface area contributed by atoms with Crippen molar-refractivity contribution in [3.8, 4) is 11.1 Å². The molecule has 1 fully saturated rings. The molecule has 36 heavy (non-hydrogen) atoms. The van der Waals surface area contributed by atoms with E-state index in [1.54, 1.807) is 26.4 Å². The zero-order chi connectivity index (χ0) is 26.1. The quantitative estimate of drug-likeness (QED) is 0.492. The molecule has 0 saturated carbocycles. The SMILES string of the molecule is C[C@@H]1C[C@H](N)CN(c2ccncc2NC(=O)c2ccc(F)c(-c3c(F)cc(N(C)C)cc3F)c2F)C1. The van der Waals surface area contributed by atoms with E-state index in [1.165, 1.54) is 11.1 Å². The minimum atomic E-state index is -1.37. The molecule has 0 bridgehead atoms. The monoisotopic (exact) mass is 501 g/mol. The molecule has 1 aliphatic heterocycles. The summed E-state index contributed by atoms with van der Waals surface area (Å²) in [5, 5.41) is 2.61. The summed E-state index contributed by atoms with van der Waals surface area (Å²) < 4.78 is 59.7. The molecule has 1 saturated heterocycles. The lowest BCUT2D eigenvalue weighted by Gasteiger charge is -2.37. The maximum atomic E-state index is 15.5. The van der Waals surface area contributed by atoms with Gasteiger partial charge in [0.25, 0.3) is 5.91 Å². The second-order valence-corrected chi connectivity index (χ2v) is 9.32. The largest absolute Gasteiger partial charge is 0.377 e. The zero-order valence-corrected chi connectivity index (χ0v) is 20.2. The van der Waals surface area contributed by atoms with Crippen LogP contribution in [0.1, 0.15) is 23.7 Å². The highest BCUT2D eigenvalue weighted by Crippen LogP contribution is 2.35. The first kappa shape index (κ1) is 25.4. The third kappa shape index (κ3) is 4.99.